The summed E-state index contributed by atoms with van der Waals surface area (Å²) >= 11 is 0. The van der Waals surface area contributed by atoms with Gasteiger partial charge in [-0.2, -0.15) is 0 Å². The van der Waals surface area contributed by atoms with Crippen LogP contribution < -0.4 is 15.0 Å². The van der Waals surface area contributed by atoms with E-state index in [4.69, 9.17) is 19.1 Å². The Kier molecular flexibility index (Phi) is 10.9. The number of methoxy groups -OCH3 is 1. The first-order chi connectivity index (χ1) is 18.2. The van der Waals surface area contributed by atoms with E-state index in [2.05, 4.69) is 75.5 Å². The molecule has 0 amide bonds. The fraction of sp³-hybridized carbons (Fsp3) is 0.567. The first-order valence-electron chi connectivity index (χ1n) is 14.0. The number of rotatable bonds is 14. The van der Waals surface area contributed by atoms with E-state index in [9.17, 15) is 0 Å². The number of anilines is 2. The Morgan fingerprint density at radius 2 is 1.74 bits per heavy atom. The quantitative estimate of drug-likeness (QED) is 0.219. The molecule has 2 heterocycles. The van der Waals surface area contributed by atoms with Crippen LogP contribution in [0.25, 0.3) is 0 Å². The highest BCUT2D eigenvalue weighted by Gasteiger charge is 2.45. The third-order valence-corrected chi connectivity index (χ3v) is 13.8. The minimum Gasteiger partial charge on any atom is -0.497 e. The molecule has 7 nitrogen and oxygen atoms in total. The van der Waals surface area contributed by atoms with Crippen LogP contribution in [-0.4, -0.2) is 63.9 Å². The molecule has 1 unspecified atom stereocenters. The second kappa shape index (κ2) is 13.9. The van der Waals surface area contributed by atoms with Gasteiger partial charge in [-0.25, -0.2) is 9.97 Å². The summed E-state index contributed by atoms with van der Waals surface area (Å²) in [4.78, 5) is 16.6. The molecule has 1 aromatic heterocycles. The standard InChI is InChI=1S/C30H47N5O2Si/c1-9-10-16-35(17-15-25-11-13-27(36-8)14-12-25)30-28-19-31-26(18-32-29(28)33-21-34-30)20-37-38(22(2)3,23(4)5)24(6)7/h9,11-14,19,21-24,26H,1,10,15-18,20H2,2-8H3,(H,32,33,34). The molecule has 1 aliphatic heterocycles. The van der Waals surface area contributed by atoms with Gasteiger partial charge in [-0.05, 0) is 47.2 Å². The molecule has 0 saturated heterocycles. The largest absolute Gasteiger partial charge is 0.497 e. The number of fused-ring (bicyclic) bond motifs is 1. The number of nitrogens with one attached hydrogen (secondary N) is 1. The van der Waals surface area contributed by atoms with Crippen molar-refractivity contribution in [3.63, 3.8) is 0 Å². The van der Waals surface area contributed by atoms with Crippen LogP contribution in [0.3, 0.4) is 0 Å². The molecule has 0 fully saturated rings. The Bertz CT molecular complexity index is 1030. The summed E-state index contributed by atoms with van der Waals surface area (Å²) in [7, 11) is -0.265. The fourth-order valence-electron chi connectivity index (χ4n) is 5.81. The van der Waals surface area contributed by atoms with Gasteiger partial charge in [-0.1, -0.05) is 59.8 Å². The summed E-state index contributed by atoms with van der Waals surface area (Å²) in [6, 6.07) is 8.28. The van der Waals surface area contributed by atoms with Gasteiger partial charge in [0.15, 0.2) is 8.32 Å². The predicted molar refractivity (Wildman–Crippen MR) is 163 cm³/mol. The molecule has 1 aliphatic rings. The van der Waals surface area contributed by atoms with Crippen molar-refractivity contribution < 1.29 is 9.16 Å². The summed E-state index contributed by atoms with van der Waals surface area (Å²) < 4.78 is 12.2. The number of hydrogen-bond donors (Lipinski definition) is 1. The molecule has 1 atom stereocenters. The van der Waals surface area contributed by atoms with Crippen LogP contribution in [0.15, 0.2) is 48.2 Å². The van der Waals surface area contributed by atoms with Crippen molar-refractivity contribution in [1.82, 2.24) is 9.97 Å². The van der Waals surface area contributed by atoms with Crippen LogP contribution in [-0.2, 0) is 10.8 Å². The van der Waals surface area contributed by atoms with E-state index >= 15 is 0 Å². The zero-order chi connectivity index (χ0) is 27.7. The Balaban J connectivity index is 1.79. The molecule has 0 spiro atoms. The van der Waals surface area contributed by atoms with Gasteiger partial charge in [0.25, 0.3) is 0 Å². The van der Waals surface area contributed by atoms with Gasteiger partial charge in [0, 0.05) is 25.8 Å². The number of hydrogen-bond acceptors (Lipinski definition) is 7. The van der Waals surface area contributed by atoms with Gasteiger partial charge in [0.05, 0.1) is 25.3 Å². The maximum absolute atomic E-state index is 6.86. The van der Waals surface area contributed by atoms with E-state index in [-0.39, 0.29) is 6.04 Å². The van der Waals surface area contributed by atoms with Crippen molar-refractivity contribution >= 4 is 26.2 Å². The maximum Gasteiger partial charge on any atom is 0.200 e. The summed E-state index contributed by atoms with van der Waals surface area (Å²) in [6.07, 6.45) is 7.32. The molecule has 0 aliphatic carbocycles. The van der Waals surface area contributed by atoms with E-state index < -0.39 is 8.32 Å². The number of nitrogens with zero attached hydrogens (tertiary/aromatic N) is 4. The number of benzene rings is 1. The lowest BCUT2D eigenvalue weighted by molar-refractivity contribution is 0.259. The second-order valence-electron chi connectivity index (χ2n) is 11.1. The maximum atomic E-state index is 6.86. The lowest BCUT2D eigenvalue weighted by Crippen LogP contribution is -2.49. The fourth-order valence-corrected chi connectivity index (χ4v) is 11.3. The molecule has 2 aromatic rings. The van der Waals surface area contributed by atoms with Crippen molar-refractivity contribution in [2.45, 2.75) is 77.0 Å². The molecule has 3 rings (SSSR count). The zero-order valence-corrected chi connectivity index (χ0v) is 25.4. The predicted octanol–water partition coefficient (Wildman–Crippen LogP) is 6.52. The van der Waals surface area contributed by atoms with Gasteiger partial charge in [-0.15, -0.1) is 6.58 Å². The monoisotopic (exact) mass is 537 g/mol. The van der Waals surface area contributed by atoms with Crippen LogP contribution in [0.4, 0.5) is 11.6 Å². The van der Waals surface area contributed by atoms with E-state index in [1.807, 2.05) is 24.4 Å². The highest BCUT2D eigenvalue weighted by Crippen LogP contribution is 2.42. The number of aromatic nitrogens is 2. The molecule has 0 bridgehead atoms. The molecular formula is C30H47N5O2Si. The smallest absolute Gasteiger partial charge is 0.200 e. The van der Waals surface area contributed by atoms with Gasteiger partial charge in [-0.3, -0.25) is 4.99 Å². The van der Waals surface area contributed by atoms with E-state index in [0.717, 1.165) is 48.9 Å². The number of ether oxygens (including phenoxy) is 1. The average Bonchev–Trinajstić information content (AvgIpc) is 3.11. The third kappa shape index (κ3) is 7.02. The van der Waals surface area contributed by atoms with Crippen molar-refractivity contribution in [2.24, 2.45) is 4.99 Å². The normalized spacial score (nSPS) is 15.4. The zero-order valence-electron chi connectivity index (χ0n) is 24.4. The molecule has 1 aromatic carbocycles. The van der Waals surface area contributed by atoms with Crippen LogP contribution in [0.1, 0.15) is 59.1 Å². The molecule has 8 heteroatoms. The molecule has 0 radical (unpaired) electrons. The third-order valence-electron chi connectivity index (χ3n) is 7.75. The Morgan fingerprint density at radius 1 is 1.05 bits per heavy atom. The van der Waals surface area contributed by atoms with Crippen LogP contribution in [0.5, 0.6) is 5.75 Å². The SMILES string of the molecule is C=CCCN(CCc1ccc(OC)cc1)c1ncnc2c1C=NC(CO[Si](C(C)C)(C(C)C)C(C)C)CN2. The summed E-state index contributed by atoms with van der Waals surface area (Å²) in [5, 5.41) is 3.54. The highest BCUT2D eigenvalue weighted by molar-refractivity contribution is 6.77. The van der Waals surface area contributed by atoms with E-state index in [1.165, 1.54) is 5.56 Å². The molecular weight excluding hydrogens is 490 g/mol. The summed E-state index contributed by atoms with van der Waals surface area (Å²) in [5.41, 5.74) is 3.83. The molecule has 0 saturated carbocycles. The van der Waals surface area contributed by atoms with E-state index in [0.29, 0.717) is 29.8 Å². The molecule has 1 N–H and O–H groups in total. The van der Waals surface area contributed by atoms with Crippen molar-refractivity contribution in [2.75, 3.05) is 43.6 Å². The first-order valence-corrected chi connectivity index (χ1v) is 16.1. The number of aliphatic imine (C=N–C) groups is 1. The van der Waals surface area contributed by atoms with Crippen LogP contribution in [0, 0.1) is 0 Å². The van der Waals surface area contributed by atoms with Gasteiger partial charge < -0.3 is 19.4 Å². The van der Waals surface area contributed by atoms with Crippen molar-refractivity contribution in [3.8, 4) is 5.75 Å². The summed E-state index contributed by atoms with van der Waals surface area (Å²) in [6.45, 7) is 20.8. The Hall–Kier alpha value is -2.71. The highest BCUT2D eigenvalue weighted by atomic mass is 28.4. The van der Waals surface area contributed by atoms with Crippen molar-refractivity contribution in [1.29, 1.82) is 0 Å². The Morgan fingerprint density at radius 3 is 2.34 bits per heavy atom. The lowest BCUT2D eigenvalue weighted by Gasteiger charge is -2.42. The minimum atomic E-state index is -1.96. The van der Waals surface area contributed by atoms with E-state index in [1.54, 1.807) is 13.4 Å². The van der Waals surface area contributed by atoms with Gasteiger partial charge in [0.2, 0.25) is 0 Å². The van der Waals surface area contributed by atoms with Gasteiger partial charge in [0.1, 0.15) is 23.7 Å². The molecule has 38 heavy (non-hydrogen) atoms. The topological polar surface area (TPSA) is 71.9 Å². The lowest BCUT2D eigenvalue weighted by atomic mass is 10.1. The minimum absolute atomic E-state index is 0.0288. The average molecular weight is 538 g/mol. The molecule has 208 valence electrons. The first kappa shape index (κ1) is 29.8. The van der Waals surface area contributed by atoms with Crippen molar-refractivity contribution in [3.05, 3.63) is 54.4 Å². The second-order valence-corrected chi connectivity index (χ2v) is 16.5. The van der Waals surface area contributed by atoms with Gasteiger partial charge >= 0.3 is 0 Å². The Labute approximate surface area is 230 Å². The summed E-state index contributed by atoms with van der Waals surface area (Å²) in [5.74, 6) is 2.60. The van der Waals surface area contributed by atoms with Crippen LogP contribution in [0.2, 0.25) is 16.6 Å². The van der Waals surface area contributed by atoms with Crippen LogP contribution >= 0.6 is 0 Å².